The minimum atomic E-state index is -5.19. The number of halogens is 6. The number of rotatable bonds is 16. The quantitative estimate of drug-likeness (QED) is 0.0655. The van der Waals surface area contributed by atoms with Crippen molar-refractivity contribution in [3.8, 4) is 17.0 Å². The zero-order valence-electron chi connectivity index (χ0n) is 32.3. The highest BCUT2D eigenvalue weighted by Crippen LogP contribution is 2.31. The van der Waals surface area contributed by atoms with Crippen LogP contribution in [-0.2, 0) is 32.1 Å². The van der Waals surface area contributed by atoms with Crippen LogP contribution in [0.3, 0.4) is 0 Å². The van der Waals surface area contributed by atoms with Gasteiger partial charge in [-0.05, 0) is 49.1 Å². The molecular formula is C40H47F6N5O7. The van der Waals surface area contributed by atoms with Crippen molar-refractivity contribution in [1.82, 2.24) is 19.9 Å². The number of aliphatic carboxylic acids is 2. The molecule has 0 saturated carbocycles. The molecule has 0 unspecified atom stereocenters. The van der Waals surface area contributed by atoms with E-state index in [-0.39, 0.29) is 18.4 Å². The standard InChI is InChI=1S/C36H45N5O3.2C2HF3O2/c1-4-28(42)15-9-6-10-16-32(36-37-25-33(39-36)27-13-7-5-8-14-27)38-35(43)24-30-26(2)41(22-21-40-19-11-12-20-40)34-18-17-29(44-3)23-31(30)34;2*3-2(4,5)1(6)7/h5,7-8,13-14,17-19,23,25,32H,4,6,9-12,15-16,20-22,24H2,1-3H3,(H-,37,38,39,43);2*(H,6,7)/t32-;;/m0../s1. The maximum atomic E-state index is 13.8. The Morgan fingerprint density at radius 2 is 1.71 bits per heavy atom. The van der Waals surface area contributed by atoms with E-state index in [4.69, 9.17) is 29.5 Å². The van der Waals surface area contributed by atoms with Crippen LogP contribution in [0.5, 0.6) is 5.75 Å². The van der Waals surface area contributed by atoms with Crippen molar-refractivity contribution < 1.29 is 65.0 Å². The largest absolute Gasteiger partial charge is 0.542 e. The first-order valence-corrected chi connectivity index (χ1v) is 18.6. The Bertz CT molecular complexity index is 2000. The van der Waals surface area contributed by atoms with E-state index in [0.29, 0.717) is 18.6 Å². The molecule has 0 bridgehead atoms. The van der Waals surface area contributed by atoms with Crippen LogP contribution in [0, 0.1) is 6.92 Å². The van der Waals surface area contributed by atoms with Gasteiger partial charge in [-0.3, -0.25) is 9.59 Å². The summed E-state index contributed by atoms with van der Waals surface area (Å²) in [5.41, 5.74) is 5.25. The van der Waals surface area contributed by atoms with Crippen LogP contribution in [0.4, 0.5) is 26.3 Å². The van der Waals surface area contributed by atoms with Gasteiger partial charge in [-0.25, -0.2) is 14.4 Å². The highest BCUT2D eigenvalue weighted by molar-refractivity contribution is 5.91. The number of benzene rings is 2. The summed E-state index contributed by atoms with van der Waals surface area (Å²) < 4.78 is 73.6. The van der Waals surface area contributed by atoms with Gasteiger partial charge in [-0.1, -0.05) is 50.1 Å². The minimum absolute atomic E-state index is 0.0355. The number of alkyl halides is 6. The van der Waals surface area contributed by atoms with Gasteiger partial charge in [-0.2, -0.15) is 26.3 Å². The first kappa shape index (κ1) is 46.7. The molecule has 316 valence electrons. The fourth-order valence-corrected chi connectivity index (χ4v) is 6.25. The average molecular weight is 824 g/mol. The van der Waals surface area contributed by atoms with Gasteiger partial charge < -0.3 is 34.6 Å². The van der Waals surface area contributed by atoms with E-state index < -0.39 is 24.3 Å². The Balaban J connectivity index is 0.000000550. The first-order valence-electron chi connectivity index (χ1n) is 18.6. The number of hydrogen-bond donors (Lipinski definition) is 3. The van der Waals surface area contributed by atoms with E-state index in [2.05, 4.69) is 44.7 Å². The predicted molar refractivity (Wildman–Crippen MR) is 200 cm³/mol. The van der Waals surface area contributed by atoms with Crippen molar-refractivity contribution in [3.05, 3.63) is 71.8 Å². The number of fused-ring (bicyclic) bond motifs is 1. The second-order valence-electron chi connectivity index (χ2n) is 13.4. The summed E-state index contributed by atoms with van der Waals surface area (Å²) >= 11 is 0. The number of carbonyl (C=O) groups is 4. The summed E-state index contributed by atoms with van der Waals surface area (Å²) in [7, 11) is 1.68. The molecule has 4 aromatic rings. The van der Waals surface area contributed by atoms with Gasteiger partial charge in [0.1, 0.15) is 36.1 Å². The molecule has 58 heavy (non-hydrogen) atoms. The van der Waals surface area contributed by atoms with Crippen LogP contribution in [0.1, 0.15) is 81.4 Å². The van der Waals surface area contributed by atoms with E-state index >= 15 is 0 Å². The van der Waals surface area contributed by atoms with Crippen LogP contribution in [0.2, 0.25) is 0 Å². The monoisotopic (exact) mass is 823 g/mol. The highest BCUT2D eigenvalue weighted by atomic mass is 19.4. The lowest BCUT2D eigenvalue weighted by molar-refractivity contribution is -0.517. The highest BCUT2D eigenvalue weighted by Gasteiger charge is 2.38. The van der Waals surface area contributed by atoms with Gasteiger partial charge in [0, 0.05) is 42.3 Å². The molecule has 12 nitrogen and oxygen atoms in total. The predicted octanol–water partition coefficient (Wildman–Crippen LogP) is 6.49. The molecule has 1 aliphatic heterocycles. The fourth-order valence-electron chi connectivity index (χ4n) is 6.25. The number of nitrogens with one attached hydrogen (secondary N) is 2. The lowest BCUT2D eigenvalue weighted by atomic mass is 10.0. The molecule has 1 atom stereocenters. The maximum Gasteiger partial charge on any atom is 0.490 e. The lowest BCUT2D eigenvalue weighted by Crippen LogP contribution is -2.37. The van der Waals surface area contributed by atoms with Gasteiger partial charge in [0.05, 0.1) is 38.0 Å². The number of methoxy groups -OCH3 is 1. The number of ketones is 1. The maximum absolute atomic E-state index is 13.8. The number of ether oxygens (including phenoxy) is 1. The molecular weight excluding hydrogens is 776 g/mol. The molecule has 2 aromatic carbocycles. The molecule has 2 aromatic heterocycles. The van der Waals surface area contributed by atoms with E-state index in [0.717, 1.165) is 96.7 Å². The number of hydrogen-bond acceptors (Lipinski definition) is 7. The molecule has 3 heterocycles. The molecule has 5 rings (SSSR count). The number of carboxylic acid groups (broad SMARTS) is 2. The SMILES string of the molecule is CCC(=O)CCCCC[C@H](NC(=O)Cc1c(C)n(CC[N+]2=CCCC2)c2ccc(OC)cc12)c1ncc(-c2ccccc2)[nH]1.O=C(O)C(F)(F)F.O=C([O-])C(F)(F)F. The van der Waals surface area contributed by atoms with E-state index in [1.165, 1.54) is 6.42 Å². The van der Waals surface area contributed by atoms with Crippen molar-refractivity contribution >= 4 is 40.7 Å². The summed E-state index contributed by atoms with van der Waals surface area (Å²) in [4.78, 5) is 51.4. The average Bonchev–Trinajstić information content (AvgIpc) is 3.94. The van der Waals surface area contributed by atoms with Gasteiger partial charge in [0.25, 0.3) is 0 Å². The Morgan fingerprint density at radius 1 is 1.03 bits per heavy atom. The molecule has 18 heteroatoms. The second kappa shape index (κ2) is 21.7. The summed E-state index contributed by atoms with van der Waals surface area (Å²) in [6.07, 6.45) is 1.16. The molecule has 1 amide bonds. The Morgan fingerprint density at radius 3 is 2.28 bits per heavy atom. The molecule has 0 fully saturated rings. The number of unbranched alkanes of at least 4 members (excludes halogenated alkanes) is 2. The summed E-state index contributed by atoms with van der Waals surface area (Å²) in [6, 6.07) is 16.0. The number of aromatic amines is 1. The van der Waals surface area contributed by atoms with Crippen LogP contribution < -0.4 is 15.2 Å². The summed E-state index contributed by atoms with van der Waals surface area (Å²) in [6.45, 7) is 6.96. The molecule has 1 aliphatic rings. The number of carboxylic acids is 2. The van der Waals surface area contributed by atoms with Gasteiger partial charge in [0.2, 0.25) is 5.91 Å². The molecule has 0 saturated heterocycles. The van der Waals surface area contributed by atoms with Crippen molar-refractivity contribution in [3.63, 3.8) is 0 Å². The smallest absolute Gasteiger partial charge is 0.490 e. The number of aromatic nitrogens is 3. The fraction of sp³-hybridized carbons (Fsp3) is 0.450. The van der Waals surface area contributed by atoms with Crippen LogP contribution in [-0.4, -0.2) is 86.6 Å². The topological polar surface area (TPSA) is 169 Å². The van der Waals surface area contributed by atoms with Gasteiger partial charge in [0.15, 0.2) is 6.54 Å². The van der Waals surface area contributed by atoms with Crippen LogP contribution in [0.15, 0.2) is 54.7 Å². The Kier molecular flexibility index (Phi) is 17.5. The number of nitrogens with zero attached hydrogens (tertiary/aromatic N) is 3. The van der Waals surface area contributed by atoms with E-state index in [1.54, 1.807) is 7.11 Å². The van der Waals surface area contributed by atoms with Crippen molar-refractivity contribution in [2.75, 3.05) is 20.2 Å². The zero-order valence-corrected chi connectivity index (χ0v) is 32.3. The van der Waals surface area contributed by atoms with Crippen molar-refractivity contribution in [2.24, 2.45) is 0 Å². The normalized spacial score (nSPS) is 13.1. The zero-order chi connectivity index (χ0) is 43.0. The number of amides is 1. The van der Waals surface area contributed by atoms with Gasteiger partial charge in [-0.15, -0.1) is 0 Å². The lowest BCUT2D eigenvalue weighted by Gasteiger charge is -2.17. The third-order valence-corrected chi connectivity index (χ3v) is 9.31. The molecule has 0 radical (unpaired) electrons. The molecule has 3 N–H and O–H groups in total. The van der Waals surface area contributed by atoms with Crippen molar-refractivity contribution in [1.29, 1.82) is 0 Å². The van der Waals surface area contributed by atoms with E-state index in [1.807, 2.05) is 49.5 Å². The number of H-pyrrole nitrogens is 1. The second-order valence-corrected chi connectivity index (χ2v) is 13.4. The minimum Gasteiger partial charge on any atom is -0.542 e. The number of carbonyl (C=O) groups excluding carboxylic acids is 3. The first-order chi connectivity index (χ1) is 27.3. The Hall–Kier alpha value is -5.68. The molecule has 0 aliphatic carbocycles. The number of imidazole rings is 1. The summed E-state index contributed by atoms with van der Waals surface area (Å²) in [5, 5.41) is 20.3. The van der Waals surface area contributed by atoms with Crippen molar-refractivity contribution in [2.45, 2.75) is 96.6 Å². The van der Waals surface area contributed by atoms with Gasteiger partial charge >= 0.3 is 18.3 Å². The van der Waals surface area contributed by atoms with E-state index in [9.17, 15) is 35.9 Å². The third-order valence-electron chi connectivity index (χ3n) is 9.31. The van der Waals surface area contributed by atoms with Crippen LogP contribution in [0.25, 0.3) is 22.2 Å². The number of Topliss-reactive ketones (excluding diaryl/α,β-unsaturated/α-hetero) is 1. The Labute approximate surface area is 330 Å². The van der Waals surface area contributed by atoms with Crippen LogP contribution >= 0.6 is 0 Å². The summed E-state index contributed by atoms with van der Waals surface area (Å²) in [5.74, 6) is -3.96. The molecule has 0 spiro atoms. The third kappa shape index (κ3) is 14.4.